The van der Waals surface area contributed by atoms with Crippen LogP contribution in [0, 0.1) is 6.92 Å². The van der Waals surface area contributed by atoms with Crippen LogP contribution in [0.2, 0.25) is 0 Å². The second-order valence-corrected chi connectivity index (χ2v) is 6.42. The zero-order valence-corrected chi connectivity index (χ0v) is 14.5. The largest absolute Gasteiger partial charge is 0.434 e. The molecule has 2 aromatic rings. The molecule has 0 radical (unpaired) electrons. The summed E-state index contributed by atoms with van der Waals surface area (Å²) in [5.41, 5.74) is 0.613. The van der Waals surface area contributed by atoms with Crippen molar-refractivity contribution in [1.29, 1.82) is 0 Å². The summed E-state index contributed by atoms with van der Waals surface area (Å²) in [7, 11) is 0. The number of ether oxygens (including phenoxy) is 1. The normalized spacial score (nSPS) is 11.6. The maximum atomic E-state index is 12.4. The standard InChI is InChI=1S/C17H21F2N3OS/c1-3-20-17(22-11-14-9-8-12(2)24-14)21-10-13-6-4-5-7-15(13)23-16(18)19/h4-9,16H,3,10-11H2,1-2H3,(H2,20,21,22). The van der Waals surface area contributed by atoms with E-state index in [4.69, 9.17) is 0 Å². The Labute approximate surface area is 144 Å². The van der Waals surface area contributed by atoms with Crippen molar-refractivity contribution in [1.82, 2.24) is 10.6 Å². The van der Waals surface area contributed by atoms with E-state index in [1.54, 1.807) is 29.5 Å². The summed E-state index contributed by atoms with van der Waals surface area (Å²) in [6.45, 7) is 2.82. The van der Waals surface area contributed by atoms with Gasteiger partial charge in [0.1, 0.15) is 5.75 Å². The van der Waals surface area contributed by atoms with Crippen LogP contribution in [0.4, 0.5) is 8.78 Å². The van der Waals surface area contributed by atoms with Gasteiger partial charge in [0.2, 0.25) is 0 Å². The summed E-state index contributed by atoms with van der Waals surface area (Å²) in [4.78, 5) is 6.91. The number of thiophene rings is 1. The molecule has 0 atom stereocenters. The van der Waals surface area contributed by atoms with Crippen LogP contribution in [0.15, 0.2) is 41.4 Å². The number of guanidine groups is 1. The highest BCUT2D eigenvalue weighted by Gasteiger charge is 2.09. The van der Waals surface area contributed by atoms with Crippen LogP contribution in [0.25, 0.3) is 0 Å². The monoisotopic (exact) mass is 353 g/mol. The molecule has 0 unspecified atom stereocenters. The molecule has 2 N–H and O–H groups in total. The van der Waals surface area contributed by atoms with E-state index in [9.17, 15) is 8.78 Å². The molecule has 0 aliphatic carbocycles. The number of nitrogens with zero attached hydrogens (tertiary/aromatic N) is 1. The van der Waals surface area contributed by atoms with Gasteiger partial charge in [-0.3, -0.25) is 0 Å². The van der Waals surface area contributed by atoms with Gasteiger partial charge < -0.3 is 15.4 Å². The van der Waals surface area contributed by atoms with Crippen LogP contribution in [0.5, 0.6) is 5.75 Å². The predicted molar refractivity (Wildman–Crippen MR) is 93.8 cm³/mol. The lowest BCUT2D eigenvalue weighted by Crippen LogP contribution is -2.36. The van der Waals surface area contributed by atoms with Gasteiger partial charge in [0.05, 0.1) is 13.1 Å². The van der Waals surface area contributed by atoms with Gasteiger partial charge in [-0.2, -0.15) is 8.78 Å². The maximum absolute atomic E-state index is 12.4. The van der Waals surface area contributed by atoms with Crippen molar-refractivity contribution in [3.8, 4) is 5.75 Å². The number of nitrogens with one attached hydrogen (secondary N) is 2. The highest BCUT2D eigenvalue weighted by atomic mass is 32.1. The Hall–Kier alpha value is -2.15. The highest BCUT2D eigenvalue weighted by molar-refractivity contribution is 7.11. The van der Waals surface area contributed by atoms with Gasteiger partial charge in [-0.15, -0.1) is 11.3 Å². The molecule has 0 aliphatic heterocycles. The Morgan fingerprint density at radius 3 is 2.67 bits per heavy atom. The van der Waals surface area contributed by atoms with E-state index in [1.165, 1.54) is 15.8 Å². The Morgan fingerprint density at radius 1 is 1.21 bits per heavy atom. The molecule has 0 saturated heterocycles. The van der Waals surface area contributed by atoms with Gasteiger partial charge in [0.15, 0.2) is 5.96 Å². The topological polar surface area (TPSA) is 45.7 Å². The lowest BCUT2D eigenvalue weighted by Gasteiger charge is -2.12. The summed E-state index contributed by atoms with van der Waals surface area (Å²) in [5.74, 6) is 0.788. The molecule has 1 aromatic heterocycles. The average molecular weight is 353 g/mol. The number of alkyl halides is 2. The number of rotatable bonds is 7. The van der Waals surface area contributed by atoms with E-state index in [-0.39, 0.29) is 12.3 Å². The number of hydrogen-bond acceptors (Lipinski definition) is 3. The molecule has 7 heteroatoms. The lowest BCUT2D eigenvalue weighted by atomic mass is 10.2. The quantitative estimate of drug-likeness (QED) is 0.586. The zero-order valence-electron chi connectivity index (χ0n) is 13.7. The number of aliphatic imine (C=N–C) groups is 1. The summed E-state index contributed by atoms with van der Waals surface area (Å²) in [6.07, 6.45) is 0. The van der Waals surface area contributed by atoms with E-state index in [1.807, 2.05) is 6.92 Å². The molecule has 0 bridgehead atoms. The summed E-state index contributed by atoms with van der Waals surface area (Å²) >= 11 is 1.72. The van der Waals surface area contributed by atoms with Crippen LogP contribution >= 0.6 is 11.3 Å². The molecular formula is C17H21F2N3OS. The second-order valence-electron chi connectivity index (χ2n) is 5.05. The lowest BCUT2D eigenvalue weighted by molar-refractivity contribution is -0.0504. The third kappa shape index (κ3) is 5.81. The third-order valence-electron chi connectivity index (χ3n) is 3.17. The molecule has 0 fully saturated rings. The van der Waals surface area contributed by atoms with Crippen LogP contribution in [-0.2, 0) is 13.1 Å². The van der Waals surface area contributed by atoms with Crippen molar-refractivity contribution in [2.24, 2.45) is 4.99 Å². The van der Waals surface area contributed by atoms with Gasteiger partial charge >= 0.3 is 6.61 Å². The van der Waals surface area contributed by atoms with Crippen molar-refractivity contribution < 1.29 is 13.5 Å². The fourth-order valence-corrected chi connectivity index (χ4v) is 2.93. The average Bonchev–Trinajstić information content (AvgIpc) is 2.96. The van der Waals surface area contributed by atoms with Gasteiger partial charge in [-0.25, -0.2) is 4.99 Å². The Kier molecular flexibility index (Phi) is 6.99. The second kappa shape index (κ2) is 9.22. The minimum Gasteiger partial charge on any atom is -0.434 e. The zero-order chi connectivity index (χ0) is 17.4. The van der Waals surface area contributed by atoms with E-state index < -0.39 is 6.61 Å². The molecule has 0 amide bonds. The fourth-order valence-electron chi connectivity index (χ4n) is 2.10. The molecule has 130 valence electrons. The number of aryl methyl sites for hydroxylation is 1. The van der Waals surface area contributed by atoms with E-state index in [0.29, 0.717) is 24.6 Å². The van der Waals surface area contributed by atoms with Crippen molar-refractivity contribution >= 4 is 17.3 Å². The molecule has 2 rings (SSSR count). The molecule has 1 heterocycles. The first-order chi connectivity index (χ1) is 11.6. The minimum absolute atomic E-state index is 0.154. The Bertz CT molecular complexity index is 673. The summed E-state index contributed by atoms with van der Waals surface area (Å²) in [6, 6.07) is 10.8. The fraction of sp³-hybridized carbons (Fsp3) is 0.353. The van der Waals surface area contributed by atoms with E-state index >= 15 is 0 Å². The number of para-hydroxylation sites is 1. The molecule has 24 heavy (non-hydrogen) atoms. The summed E-state index contributed by atoms with van der Waals surface area (Å²) < 4.78 is 29.4. The Balaban J connectivity index is 2.02. The van der Waals surface area contributed by atoms with Crippen molar-refractivity contribution in [2.75, 3.05) is 6.54 Å². The van der Waals surface area contributed by atoms with E-state index in [0.717, 1.165) is 0 Å². The van der Waals surface area contributed by atoms with Gasteiger partial charge in [0.25, 0.3) is 0 Å². The third-order valence-corrected chi connectivity index (χ3v) is 4.17. The van der Waals surface area contributed by atoms with Crippen LogP contribution in [0.3, 0.4) is 0 Å². The predicted octanol–water partition coefficient (Wildman–Crippen LogP) is 3.91. The first-order valence-corrected chi connectivity index (χ1v) is 8.50. The van der Waals surface area contributed by atoms with Gasteiger partial charge in [-0.05, 0) is 32.0 Å². The van der Waals surface area contributed by atoms with Crippen molar-refractivity contribution in [3.05, 3.63) is 51.7 Å². The molecule has 0 spiro atoms. The first-order valence-electron chi connectivity index (χ1n) is 7.68. The maximum Gasteiger partial charge on any atom is 0.387 e. The molecule has 4 nitrogen and oxygen atoms in total. The van der Waals surface area contributed by atoms with Crippen LogP contribution in [0.1, 0.15) is 22.2 Å². The first kappa shape index (κ1) is 18.2. The smallest absolute Gasteiger partial charge is 0.387 e. The van der Waals surface area contributed by atoms with Gasteiger partial charge in [0, 0.05) is 21.9 Å². The number of halogens is 2. The highest BCUT2D eigenvalue weighted by Crippen LogP contribution is 2.21. The van der Waals surface area contributed by atoms with Crippen LogP contribution in [-0.4, -0.2) is 19.1 Å². The number of hydrogen-bond donors (Lipinski definition) is 2. The van der Waals surface area contributed by atoms with Gasteiger partial charge in [-0.1, -0.05) is 18.2 Å². The minimum atomic E-state index is -2.84. The molecule has 0 saturated carbocycles. The SMILES string of the molecule is CCNC(=NCc1ccccc1OC(F)F)NCc1ccc(C)s1. The van der Waals surface area contributed by atoms with Crippen molar-refractivity contribution in [2.45, 2.75) is 33.5 Å². The van der Waals surface area contributed by atoms with E-state index in [2.05, 4.69) is 39.4 Å². The van der Waals surface area contributed by atoms with Crippen LogP contribution < -0.4 is 15.4 Å². The van der Waals surface area contributed by atoms with Crippen molar-refractivity contribution in [3.63, 3.8) is 0 Å². The molecule has 0 aliphatic rings. The molecular weight excluding hydrogens is 332 g/mol. The summed E-state index contributed by atoms with van der Waals surface area (Å²) in [5, 5.41) is 6.39. The Morgan fingerprint density at radius 2 is 2.00 bits per heavy atom. The molecule has 1 aromatic carbocycles. The number of benzene rings is 1.